The molecule has 0 saturated carbocycles. The number of anilines is 1. The molecular weight excluding hydrogens is 319 g/mol. The summed E-state index contributed by atoms with van der Waals surface area (Å²) in [6.45, 7) is -0.689. The average Bonchev–Trinajstić information content (AvgIpc) is 2.30. The van der Waals surface area contributed by atoms with E-state index in [0.717, 1.165) is 22.7 Å². The van der Waals surface area contributed by atoms with Crippen molar-refractivity contribution in [3.05, 3.63) is 22.7 Å². The van der Waals surface area contributed by atoms with E-state index in [2.05, 4.69) is 0 Å². The van der Waals surface area contributed by atoms with Gasteiger partial charge in [0.15, 0.2) is 0 Å². The third kappa shape index (κ3) is 2.85. The van der Waals surface area contributed by atoms with Crippen LogP contribution in [0.25, 0.3) is 0 Å². The smallest absolute Gasteiger partial charge is 0.417 e. The van der Waals surface area contributed by atoms with Crippen molar-refractivity contribution < 1.29 is 27.9 Å². The van der Waals surface area contributed by atoms with Gasteiger partial charge in [-0.3, -0.25) is 14.5 Å². The number of carboxylic acid groups (broad SMARTS) is 1. The molecule has 0 fully saturated rings. The molecule has 0 unspecified atom stereocenters. The van der Waals surface area contributed by atoms with Crippen LogP contribution in [-0.4, -0.2) is 29.3 Å². The predicted octanol–water partition coefficient (Wildman–Crippen LogP) is 2.88. The highest BCUT2D eigenvalue weighted by Crippen LogP contribution is 2.43. The highest BCUT2D eigenvalue weighted by Gasteiger charge is 2.36. The van der Waals surface area contributed by atoms with Crippen molar-refractivity contribution >= 4 is 40.9 Å². The van der Waals surface area contributed by atoms with Crippen molar-refractivity contribution in [2.45, 2.75) is 11.1 Å². The average molecular weight is 326 g/mol. The molecule has 1 amide bonds. The Morgan fingerprint density at radius 2 is 2.10 bits per heavy atom. The van der Waals surface area contributed by atoms with Crippen LogP contribution in [0.5, 0.6) is 0 Å². The molecule has 0 saturated heterocycles. The number of hydrogen-bond acceptors (Lipinski definition) is 3. The van der Waals surface area contributed by atoms with Crippen molar-refractivity contribution in [3.63, 3.8) is 0 Å². The minimum absolute atomic E-state index is 0.0397. The van der Waals surface area contributed by atoms with Gasteiger partial charge in [0.1, 0.15) is 6.54 Å². The Labute approximate surface area is 120 Å². The number of rotatable bonds is 2. The van der Waals surface area contributed by atoms with Gasteiger partial charge in [-0.15, -0.1) is 11.8 Å². The molecule has 0 spiro atoms. The summed E-state index contributed by atoms with van der Waals surface area (Å²) in [7, 11) is 0. The minimum atomic E-state index is -4.67. The number of carbonyl (C=O) groups is 2. The van der Waals surface area contributed by atoms with Crippen molar-refractivity contribution in [1.82, 2.24) is 0 Å². The predicted molar refractivity (Wildman–Crippen MR) is 67.2 cm³/mol. The van der Waals surface area contributed by atoms with Crippen LogP contribution in [0.2, 0.25) is 5.02 Å². The second kappa shape index (κ2) is 5.17. The van der Waals surface area contributed by atoms with Crippen molar-refractivity contribution in [3.8, 4) is 0 Å². The van der Waals surface area contributed by atoms with Crippen LogP contribution in [0.3, 0.4) is 0 Å². The lowest BCUT2D eigenvalue weighted by Crippen LogP contribution is -2.39. The first kappa shape index (κ1) is 15.0. The van der Waals surface area contributed by atoms with Gasteiger partial charge < -0.3 is 5.11 Å². The number of carbonyl (C=O) groups excluding carboxylic acids is 1. The second-order valence-electron chi connectivity index (χ2n) is 3.96. The molecule has 2 rings (SSSR count). The number of hydrogen-bond donors (Lipinski definition) is 1. The van der Waals surface area contributed by atoms with Crippen molar-refractivity contribution in [1.29, 1.82) is 0 Å². The summed E-state index contributed by atoms with van der Waals surface area (Å²) in [6.07, 6.45) is -4.67. The molecule has 9 heteroatoms. The Bertz CT molecular complexity index is 591. The van der Waals surface area contributed by atoms with Gasteiger partial charge in [0.2, 0.25) is 5.91 Å². The van der Waals surface area contributed by atoms with E-state index in [1.54, 1.807) is 0 Å². The van der Waals surface area contributed by atoms with E-state index < -0.39 is 35.2 Å². The zero-order valence-electron chi connectivity index (χ0n) is 9.70. The lowest BCUT2D eigenvalue weighted by molar-refractivity contribution is -0.137. The first-order valence-corrected chi connectivity index (χ1v) is 6.62. The number of fused-ring (bicyclic) bond motifs is 1. The summed E-state index contributed by atoms with van der Waals surface area (Å²) in [5.74, 6) is -1.90. The fourth-order valence-corrected chi connectivity index (χ4v) is 3.04. The quantitative estimate of drug-likeness (QED) is 0.908. The number of aliphatic carboxylic acids is 1. The van der Waals surface area contributed by atoms with Gasteiger partial charge in [0.25, 0.3) is 0 Å². The SMILES string of the molecule is O=C(O)CN1C(=O)CSc2cc(Cl)c(C(F)(F)F)cc21. The van der Waals surface area contributed by atoms with Crippen LogP contribution in [0.15, 0.2) is 17.0 Å². The van der Waals surface area contributed by atoms with Gasteiger partial charge >= 0.3 is 12.1 Å². The molecule has 4 nitrogen and oxygen atoms in total. The Hall–Kier alpha value is -1.41. The molecule has 0 radical (unpaired) electrons. The highest BCUT2D eigenvalue weighted by atomic mass is 35.5. The molecule has 1 aromatic rings. The van der Waals surface area contributed by atoms with Gasteiger partial charge in [-0.1, -0.05) is 11.6 Å². The number of benzene rings is 1. The number of thioether (sulfide) groups is 1. The molecule has 1 aliphatic heterocycles. The monoisotopic (exact) mass is 325 g/mol. The number of amides is 1. The summed E-state index contributed by atoms with van der Waals surface area (Å²) >= 11 is 6.61. The lowest BCUT2D eigenvalue weighted by atomic mass is 10.1. The van der Waals surface area contributed by atoms with Crippen LogP contribution in [0, 0.1) is 0 Å². The van der Waals surface area contributed by atoms with Gasteiger partial charge in [-0.05, 0) is 12.1 Å². The Morgan fingerprint density at radius 1 is 1.45 bits per heavy atom. The largest absolute Gasteiger partial charge is 0.480 e. The first-order valence-electron chi connectivity index (χ1n) is 5.26. The third-order valence-electron chi connectivity index (χ3n) is 2.59. The van der Waals surface area contributed by atoms with E-state index in [0.29, 0.717) is 11.0 Å². The highest BCUT2D eigenvalue weighted by molar-refractivity contribution is 8.00. The molecule has 0 aliphatic carbocycles. The van der Waals surface area contributed by atoms with Gasteiger partial charge in [0.05, 0.1) is 22.0 Å². The molecule has 1 N–H and O–H groups in total. The Kier molecular flexibility index (Phi) is 3.88. The van der Waals surface area contributed by atoms with Crippen LogP contribution >= 0.6 is 23.4 Å². The zero-order chi connectivity index (χ0) is 15.1. The Morgan fingerprint density at radius 3 is 2.65 bits per heavy atom. The maximum Gasteiger partial charge on any atom is 0.417 e. The second-order valence-corrected chi connectivity index (χ2v) is 5.38. The van der Waals surface area contributed by atoms with E-state index in [9.17, 15) is 22.8 Å². The van der Waals surface area contributed by atoms with E-state index in [4.69, 9.17) is 16.7 Å². The molecule has 1 aliphatic rings. The van der Waals surface area contributed by atoms with Crippen molar-refractivity contribution in [2.75, 3.05) is 17.2 Å². The summed E-state index contributed by atoms with van der Waals surface area (Å²) in [6, 6.07) is 1.82. The summed E-state index contributed by atoms with van der Waals surface area (Å²) in [5, 5.41) is 8.27. The summed E-state index contributed by atoms with van der Waals surface area (Å²) < 4.78 is 38.4. The number of carboxylic acids is 1. The molecule has 0 bridgehead atoms. The van der Waals surface area contributed by atoms with Gasteiger partial charge in [-0.25, -0.2) is 0 Å². The number of halogens is 4. The normalized spacial score (nSPS) is 15.2. The van der Waals surface area contributed by atoms with Crippen LogP contribution in [-0.2, 0) is 15.8 Å². The zero-order valence-corrected chi connectivity index (χ0v) is 11.3. The van der Waals surface area contributed by atoms with E-state index in [-0.39, 0.29) is 11.4 Å². The minimum Gasteiger partial charge on any atom is -0.480 e. The standard InChI is InChI=1S/C11H7ClF3NO3S/c12-6-2-8-7(1-5(6)11(13,14)15)16(3-10(18)19)9(17)4-20-8/h1-2H,3-4H2,(H,18,19). The molecule has 1 heterocycles. The maximum atomic E-state index is 12.8. The topological polar surface area (TPSA) is 57.6 Å². The summed E-state index contributed by atoms with van der Waals surface area (Å²) in [4.78, 5) is 23.6. The third-order valence-corrected chi connectivity index (χ3v) is 3.93. The number of nitrogens with zero attached hydrogens (tertiary/aromatic N) is 1. The van der Waals surface area contributed by atoms with Crippen molar-refractivity contribution in [2.24, 2.45) is 0 Å². The Balaban J connectivity index is 2.55. The van der Waals surface area contributed by atoms with Crippen LogP contribution in [0.1, 0.15) is 5.56 Å². The molecule has 1 aromatic carbocycles. The molecule has 20 heavy (non-hydrogen) atoms. The van der Waals surface area contributed by atoms with Crippen LogP contribution < -0.4 is 4.90 Å². The molecule has 0 aromatic heterocycles. The molecule has 0 atom stereocenters. The lowest BCUT2D eigenvalue weighted by Gasteiger charge is -2.28. The maximum absolute atomic E-state index is 12.8. The van der Waals surface area contributed by atoms with Gasteiger partial charge in [0, 0.05) is 4.90 Å². The first-order chi connectivity index (χ1) is 9.20. The van der Waals surface area contributed by atoms with Gasteiger partial charge in [-0.2, -0.15) is 13.2 Å². The fraction of sp³-hybridized carbons (Fsp3) is 0.273. The van der Waals surface area contributed by atoms with E-state index >= 15 is 0 Å². The van der Waals surface area contributed by atoms with E-state index in [1.807, 2.05) is 0 Å². The fourth-order valence-electron chi connectivity index (χ4n) is 1.75. The number of alkyl halides is 3. The summed E-state index contributed by atoms with van der Waals surface area (Å²) in [5.41, 5.74) is -1.17. The molecular formula is C11H7ClF3NO3S. The van der Waals surface area contributed by atoms with E-state index in [1.165, 1.54) is 0 Å². The molecule has 108 valence electrons. The van der Waals surface area contributed by atoms with Crippen LogP contribution in [0.4, 0.5) is 18.9 Å².